The Balaban J connectivity index is 1.76. The fourth-order valence-corrected chi connectivity index (χ4v) is 1.83. The number of hydrogen-bond acceptors (Lipinski definition) is 5. The van der Waals surface area contributed by atoms with Gasteiger partial charge in [0, 0.05) is 18.0 Å². The summed E-state index contributed by atoms with van der Waals surface area (Å²) in [6, 6.07) is 12.5. The van der Waals surface area contributed by atoms with E-state index in [1.807, 2.05) is 0 Å². The lowest BCUT2D eigenvalue weighted by Crippen LogP contribution is -2.00. The molecule has 7 heteroatoms. The number of hydrogen-bond donors (Lipinski definition) is 2. The minimum Gasteiger partial charge on any atom is -0.508 e. The second-order valence-corrected chi connectivity index (χ2v) is 4.45. The first kappa shape index (κ1) is 13.7. The maximum atomic E-state index is 12.9. The number of anilines is 1. The Bertz CT molecular complexity index is 780. The lowest BCUT2D eigenvalue weighted by molar-refractivity contribution is 0.475. The monoisotopic (exact) mass is 297 g/mol. The molecule has 0 unspecified atom stereocenters. The third-order valence-corrected chi connectivity index (χ3v) is 2.91. The van der Waals surface area contributed by atoms with Crippen LogP contribution >= 0.6 is 0 Å². The Labute approximate surface area is 125 Å². The van der Waals surface area contributed by atoms with Gasteiger partial charge in [0.25, 0.3) is 0 Å². The molecule has 0 aliphatic rings. The van der Waals surface area contributed by atoms with Crippen LogP contribution in [-0.2, 0) is 0 Å². The number of nitrogens with zero attached hydrogens (tertiary/aromatic N) is 4. The van der Waals surface area contributed by atoms with Crippen LogP contribution in [0.5, 0.6) is 5.75 Å². The van der Waals surface area contributed by atoms with E-state index in [2.05, 4.69) is 20.8 Å². The average Bonchev–Trinajstić information content (AvgIpc) is 2.98. The molecule has 0 aliphatic carbocycles. The molecular weight excluding hydrogens is 285 g/mol. The van der Waals surface area contributed by atoms with Crippen molar-refractivity contribution < 1.29 is 9.50 Å². The highest BCUT2D eigenvalue weighted by molar-refractivity contribution is 5.53. The molecule has 3 aromatic rings. The smallest absolute Gasteiger partial charge is 0.181 e. The normalized spacial score (nSPS) is 11.0. The highest BCUT2D eigenvalue weighted by Crippen LogP contribution is 2.14. The van der Waals surface area contributed by atoms with Crippen molar-refractivity contribution in [1.29, 1.82) is 0 Å². The van der Waals surface area contributed by atoms with Gasteiger partial charge in [0.15, 0.2) is 5.82 Å². The van der Waals surface area contributed by atoms with Gasteiger partial charge in [-0.2, -0.15) is 4.68 Å². The van der Waals surface area contributed by atoms with Crippen LogP contribution in [0, 0.1) is 5.82 Å². The van der Waals surface area contributed by atoms with E-state index in [0.717, 1.165) is 5.69 Å². The van der Waals surface area contributed by atoms with Crippen molar-refractivity contribution >= 4 is 11.8 Å². The molecule has 110 valence electrons. The van der Waals surface area contributed by atoms with Gasteiger partial charge in [-0.1, -0.05) is 0 Å². The molecule has 22 heavy (non-hydrogen) atoms. The number of benzene rings is 2. The van der Waals surface area contributed by atoms with E-state index in [9.17, 15) is 9.50 Å². The van der Waals surface area contributed by atoms with Gasteiger partial charge in [0.2, 0.25) is 0 Å². The Kier molecular flexibility index (Phi) is 3.78. The molecule has 0 amide bonds. The highest BCUT2D eigenvalue weighted by Gasteiger charge is 2.05. The molecule has 0 saturated heterocycles. The number of aromatic hydroxyl groups is 1. The molecule has 0 bridgehead atoms. The average molecular weight is 297 g/mol. The predicted molar refractivity (Wildman–Crippen MR) is 79.9 cm³/mol. The van der Waals surface area contributed by atoms with Gasteiger partial charge >= 0.3 is 0 Å². The van der Waals surface area contributed by atoms with E-state index in [1.54, 1.807) is 48.7 Å². The summed E-state index contributed by atoms with van der Waals surface area (Å²) in [6.45, 7) is 0. The third-order valence-electron chi connectivity index (χ3n) is 2.91. The summed E-state index contributed by atoms with van der Waals surface area (Å²) in [5.41, 5.74) is 1.48. The summed E-state index contributed by atoms with van der Waals surface area (Å²) in [5.74, 6) is 0.385. The molecule has 0 atom stereocenters. The summed E-state index contributed by atoms with van der Waals surface area (Å²) < 4.78 is 14.4. The van der Waals surface area contributed by atoms with E-state index >= 15 is 0 Å². The molecule has 1 heterocycles. The summed E-state index contributed by atoms with van der Waals surface area (Å²) in [4.78, 5) is 0. The van der Waals surface area contributed by atoms with Gasteiger partial charge in [-0.15, -0.1) is 5.10 Å². The first-order valence-electron chi connectivity index (χ1n) is 6.49. The molecule has 0 saturated carbocycles. The fourth-order valence-electron chi connectivity index (χ4n) is 1.83. The van der Waals surface area contributed by atoms with E-state index in [4.69, 9.17) is 0 Å². The molecule has 2 aromatic carbocycles. The maximum Gasteiger partial charge on any atom is 0.181 e. The highest BCUT2D eigenvalue weighted by atomic mass is 19.1. The Morgan fingerprint density at radius 1 is 1.05 bits per heavy atom. The Morgan fingerprint density at radius 2 is 1.77 bits per heavy atom. The lowest BCUT2D eigenvalue weighted by atomic mass is 10.3. The molecule has 0 spiro atoms. The second-order valence-electron chi connectivity index (χ2n) is 4.45. The zero-order chi connectivity index (χ0) is 15.4. The first-order chi connectivity index (χ1) is 10.7. The summed E-state index contributed by atoms with van der Waals surface area (Å²) >= 11 is 0. The largest absolute Gasteiger partial charge is 0.508 e. The lowest BCUT2D eigenvalue weighted by Gasteiger charge is -2.02. The van der Waals surface area contributed by atoms with Gasteiger partial charge < -0.3 is 10.4 Å². The SMILES string of the molecule is Oc1ccc(N/C=C/c2nnnn2-c2ccc(F)cc2)cc1. The number of rotatable bonds is 4. The molecule has 6 nitrogen and oxygen atoms in total. The zero-order valence-electron chi connectivity index (χ0n) is 11.4. The van der Waals surface area contributed by atoms with Crippen molar-refractivity contribution in [3.05, 3.63) is 66.4 Å². The zero-order valence-corrected chi connectivity index (χ0v) is 11.4. The number of tetrazole rings is 1. The Morgan fingerprint density at radius 3 is 2.50 bits per heavy atom. The number of phenols is 1. The van der Waals surface area contributed by atoms with Crippen LogP contribution in [0.3, 0.4) is 0 Å². The maximum absolute atomic E-state index is 12.9. The van der Waals surface area contributed by atoms with Crippen molar-refractivity contribution in [2.24, 2.45) is 0 Å². The van der Waals surface area contributed by atoms with Crippen molar-refractivity contribution in [3.63, 3.8) is 0 Å². The van der Waals surface area contributed by atoms with Crippen molar-refractivity contribution in [3.8, 4) is 11.4 Å². The third kappa shape index (κ3) is 3.09. The molecule has 3 rings (SSSR count). The van der Waals surface area contributed by atoms with Crippen LogP contribution in [0.4, 0.5) is 10.1 Å². The standard InChI is InChI=1S/C15H12FN5O/c16-11-1-5-13(6-2-11)21-15(18-19-20-21)9-10-17-12-3-7-14(22)8-4-12/h1-10,17,22H/b10-9+. The predicted octanol–water partition coefficient (Wildman–Crippen LogP) is 2.59. The first-order valence-corrected chi connectivity index (χ1v) is 6.49. The van der Waals surface area contributed by atoms with Gasteiger partial charge in [0.05, 0.1) is 5.69 Å². The minimum absolute atomic E-state index is 0.204. The van der Waals surface area contributed by atoms with Gasteiger partial charge in [-0.05, 0) is 59.0 Å². The minimum atomic E-state index is -0.317. The van der Waals surface area contributed by atoms with Crippen molar-refractivity contribution in [2.45, 2.75) is 0 Å². The summed E-state index contributed by atoms with van der Waals surface area (Å²) in [7, 11) is 0. The van der Waals surface area contributed by atoms with Crippen molar-refractivity contribution in [1.82, 2.24) is 20.2 Å². The van der Waals surface area contributed by atoms with Crippen molar-refractivity contribution in [2.75, 3.05) is 5.32 Å². The molecule has 0 radical (unpaired) electrons. The molecular formula is C15H12FN5O. The summed E-state index contributed by atoms with van der Waals surface area (Å²) in [5, 5.41) is 23.6. The van der Waals surface area contributed by atoms with E-state index in [1.165, 1.54) is 16.8 Å². The molecule has 2 N–H and O–H groups in total. The Hall–Kier alpha value is -3.22. The topological polar surface area (TPSA) is 75.9 Å². The van der Waals surface area contributed by atoms with Crippen LogP contribution in [0.1, 0.15) is 5.82 Å². The van der Waals surface area contributed by atoms with E-state index < -0.39 is 0 Å². The number of aromatic nitrogens is 4. The molecule has 1 aromatic heterocycles. The number of nitrogens with one attached hydrogen (secondary N) is 1. The molecule has 0 aliphatic heterocycles. The van der Waals surface area contributed by atoms with Crippen LogP contribution in [-0.4, -0.2) is 25.3 Å². The number of phenolic OH excluding ortho intramolecular Hbond substituents is 1. The number of halogens is 1. The second kappa shape index (κ2) is 6.04. The summed E-state index contributed by atoms with van der Waals surface area (Å²) in [6.07, 6.45) is 3.37. The van der Waals surface area contributed by atoms with Crippen LogP contribution in [0.25, 0.3) is 11.8 Å². The van der Waals surface area contributed by atoms with Gasteiger partial charge in [-0.25, -0.2) is 4.39 Å². The van der Waals surface area contributed by atoms with Crippen LogP contribution in [0.15, 0.2) is 54.7 Å². The van der Waals surface area contributed by atoms with Gasteiger partial charge in [-0.3, -0.25) is 0 Å². The quantitative estimate of drug-likeness (QED) is 0.724. The fraction of sp³-hybridized carbons (Fsp3) is 0. The molecule has 0 fully saturated rings. The van der Waals surface area contributed by atoms with E-state index in [0.29, 0.717) is 11.5 Å². The van der Waals surface area contributed by atoms with E-state index in [-0.39, 0.29) is 11.6 Å². The van der Waals surface area contributed by atoms with Gasteiger partial charge in [0.1, 0.15) is 11.6 Å². The van der Waals surface area contributed by atoms with Crippen LogP contribution < -0.4 is 5.32 Å². The van der Waals surface area contributed by atoms with Crippen LogP contribution in [0.2, 0.25) is 0 Å².